The zero-order chi connectivity index (χ0) is 24.2. The smallest absolute Gasteiger partial charge is 0.241 e. The van der Waals surface area contributed by atoms with Crippen molar-refractivity contribution < 1.29 is 27.5 Å². The van der Waals surface area contributed by atoms with Crippen LogP contribution in [0.1, 0.15) is 33.3 Å². The first-order valence-electron chi connectivity index (χ1n) is 10.6. The highest BCUT2D eigenvalue weighted by Gasteiger charge is 2.32. The summed E-state index contributed by atoms with van der Waals surface area (Å²) >= 11 is 0. The molecule has 0 saturated carbocycles. The average Bonchev–Trinajstić information content (AvgIpc) is 3.05. The van der Waals surface area contributed by atoms with Crippen LogP contribution < -0.4 is 24.8 Å². The molecule has 0 aromatic heterocycles. The van der Waals surface area contributed by atoms with E-state index in [0.717, 1.165) is 17.7 Å². The van der Waals surface area contributed by atoms with Crippen LogP contribution in [0.25, 0.3) is 0 Å². The standard InChI is InChI=1S/C23H29N3O6S/c1-15(26-33(29,30)19-10-8-18(9-11-19)25-16(2)27)22(28)24-12-13-31-20-7-5-6-17-14-23(3,4)32-21(17)20/h5-11,15,26H,12-14H2,1-4H3,(H,24,28)(H,25,27)/t15-/m0/s1. The van der Waals surface area contributed by atoms with Gasteiger partial charge in [-0.3, -0.25) is 9.59 Å². The molecule has 1 aliphatic heterocycles. The van der Waals surface area contributed by atoms with Gasteiger partial charge in [-0.2, -0.15) is 4.72 Å². The van der Waals surface area contributed by atoms with Gasteiger partial charge in [-0.1, -0.05) is 12.1 Å². The summed E-state index contributed by atoms with van der Waals surface area (Å²) in [5.74, 6) is 0.599. The van der Waals surface area contributed by atoms with Crippen LogP contribution in [0.5, 0.6) is 11.5 Å². The van der Waals surface area contributed by atoms with Crippen LogP contribution in [-0.2, 0) is 26.0 Å². The SMILES string of the molecule is CC(=O)Nc1ccc(S(=O)(=O)N[C@@H](C)C(=O)NCCOc2cccc3c2OC(C)(C)C3)cc1. The van der Waals surface area contributed by atoms with Gasteiger partial charge in [0, 0.05) is 24.6 Å². The molecule has 2 aromatic rings. The number of amides is 2. The molecule has 0 spiro atoms. The topological polar surface area (TPSA) is 123 Å². The van der Waals surface area contributed by atoms with Crippen molar-refractivity contribution in [2.75, 3.05) is 18.5 Å². The van der Waals surface area contributed by atoms with Crippen LogP contribution in [0.15, 0.2) is 47.4 Å². The van der Waals surface area contributed by atoms with E-state index in [0.29, 0.717) is 11.4 Å². The van der Waals surface area contributed by atoms with Crippen LogP contribution in [0.4, 0.5) is 5.69 Å². The number of carbonyl (C=O) groups excluding carboxylic acids is 2. The van der Waals surface area contributed by atoms with Crippen molar-refractivity contribution in [2.24, 2.45) is 0 Å². The Morgan fingerprint density at radius 3 is 2.52 bits per heavy atom. The highest BCUT2D eigenvalue weighted by atomic mass is 32.2. The van der Waals surface area contributed by atoms with Gasteiger partial charge < -0.3 is 20.1 Å². The van der Waals surface area contributed by atoms with Crippen LogP contribution >= 0.6 is 0 Å². The first-order chi connectivity index (χ1) is 15.5. The molecule has 0 fully saturated rings. The maximum Gasteiger partial charge on any atom is 0.241 e. The minimum absolute atomic E-state index is 0.0135. The number of anilines is 1. The normalized spacial score (nSPS) is 15.2. The van der Waals surface area contributed by atoms with Crippen molar-refractivity contribution in [3.8, 4) is 11.5 Å². The Kier molecular flexibility index (Phi) is 7.28. The lowest BCUT2D eigenvalue weighted by Gasteiger charge is -2.18. The molecule has 33 heavy (non-hydrogen) atoms. The minimum atomic E-state index is -3.91. The number of para-hydroxylation sites is 1. The van der Waals surface area contributed by atoms with E-state index >= 15 is 0 Å². The number of carbonyl (C=O) groups is 2. The summed E-state index contributed by atoms with van der Waals surface area (Å²) in [4.78, 5) is 23.4. The van der Waals surface area contributed by atoms with Gasteiger partial charge in [0.2, 0.25) is 21.8 Å². The molecular weight excluding hydrogens is 446 g/mol. The molecule has 1 aliphatic rings. The van der Waals surface area contributed by atoms with E-state index in [1.165, 1.54) is 38.1 Å². The number of benzene rings is 2. The Hall–Kier alpha value is -3.11. The number of hydrogen-bond acceptors (Lipinski definition) is 6. The second-order valence-electron chi connectivity index (χ2n) is 8.47. The fourth-order valence-corrected chi connectivity index (χ4v) is 4.67. The molecule has 0 aliphatic carbocycles. The van der Waals surface area contributed by atoms with Crippen molar-refractivity contribution >= 4 is 27.5 Å². The first kappa shape index (κ1) is 24.5. The molecule has 178 valence electrons. The summed E-state index contributed by atoms with van der Waals surface area (Å²) in [6, 6.07) is 10.4. The fourth-order valence-electron chi connectivity index (χ4n) is 3.46. The molecule has 0 radical (unpaired) electrons. The first-order valence-corrected chi connectivity index (χ1v) is 12.1. The predicted molar refractivity (Wildman–Crippen MR) is 124 cm³/mol. The third-order valence-corrected chi connectivity index (χ3v) is 6.48. The van der Waals surface area contributed by atoms with Crippen LogP contribution in [0.3, 0.4) is 0 Å². The van der Waals surface area contributed by atoms with Crippen LogP contribution in [-0.4, -0.2) is 45.0 Å². The molecule has 9 nitrogen and oxygen atoms in total. The molecule has 1 heterocycles. The molecule has 1 atom stereocenters. The number of ether oxygens (including phenoxy) is 2. The second kappa shape index (κ2) is 9.80. The highest BCUT2D eigenvalue weighted by molar-refractivity contribution is 7.89. The zero-order valence-electron chi connectivity index (χ0n) is 19.1. The molecule has 0 bridgehead atoms. The molecule has 0 unspecified atom stereocenters. The van der Waals surface area contributed by atoms with Gasteiger partial charge in [-0.05, 0) is 51.1 Å². The quantitative estimate of drug-likeness (QED) is 0.478. The Balaban J connectivity index is 1.48. The lowest BCUT2D eigenvalue weighted by Crippen LogP contribution is -2.45. The van der Waals surface area contributed by atoms with Gasteiger partial charge in [-0.15, -0.1) is 0 Å². The summed E-state index contributed by atoms with van der Waals surface area (Å²) in [6.45, 7) is 7.24. The number of hydrogen-bond donors (Lipinski definition) is 3. The van der Waals surface area contributed by atoms with E-state index in [1.54, 1.807) is 0 Å². The van der Waals surface area contributed by atoms with E-state index in [2.05, 4.69) is 15.4 Å². The van der Waals surface area contributed by atoms with Crippen LogP contribution in [0.2, 0.25) is 0 Å². The Morgan fingerprint density at radius 2 is 1.85 bits per heavy atom. The summed E-state index contributed by atoms with van der Waals surface area (Å²) in [5, 5.41) is 5.22. The number of sulfonamides is 1. The van der Waals surface area contributed by atoms with Crippen molar-refractivity contribution in [3.05, 3.63) is 48.0 Å². The maximum atomic E-state index is 12.5. The molecule has 2 amide bonds. The number of fused-ring (bicyclic) bond motifs is 1. The Morgan fingerprint density at radius 1 is 1.15 bits per heavy atom. The third kappa shape index (κ3) is 6.45. The van der Waals surface area contributed by atoms with Gasteiger partial charge >= 0.3 is 0 Å². The molecule has 3 N–H and O–H groups in total. The molecule has 10 heteroatoms. The van der Waals surface area contributed by atoms with Crippen molar-refractivity contribution in [1.82, 2.24) is 10.0 Å². The second-order valence-corrected chi connectivity index (χ2v) is 10.2. The van der Waals surface area contributed by atoms with E-state index in [4.69, 9.17) is 9.47 Å². The van der Waals surface area contributed by atoms with E-state index in [1.807, 2.05) is 32.0 Å². The van der Waals surface area contributed by atoms with E-state index in [9.17, 15) is 18.0 Å². The largest absolute Gasteiger partial charge is 0.488 e. The van der Waals surface area contributed by atoms with Gasteiger partial charge in [0.15, 0.2) is 11.5 Å². The van der Waals surface area contributed by atoms with Gasteiger partial charge in [0.05, 0.1) is 17.5 Å². The van der Waals surface area contributed by atoms with E-state index < -0.39 is 22.0 Å². The van der Waals surface area contributed by atoms with Gasteiger partial charge in [-0.25, -0.2) is 8.42 Å². The predicted octanol–water partition coefficient (Wildman–Crippen LogP) is 2.22. The van der Waals surface area contributed by atoms with Crippen molar-refractivity contribution in [2.45, 2.75) is 50.7 Å². The lowest BCUT2D eigenvalue weighted by atomic mass is 10.0. The molecule has 3 rings (SSSR count). The van der Waals surface area contributed by atoms with Gasteiger partial charge in [0.1, 0.15) is 12.2 Å². The summed E-state index contributed by atoms with van der Waals surface area (Å²) < 4.78 is 39.2. The molecule has 2 aromatic carbocycles. The Bertz CT molecular complexity index is 1130. The van der Waals surface area contributed by atoms with E-state index in [-0.39, 0.29) is 29.6 Å². The third-order valence-electron chi connectivity index (χ3n) is 4.92. The fraction of sp³-hybridized carbons (Fsp3) is 0.391. The van der Waals surface area contributed by atoms with Crippen molar-refractivity contribution in [1.29, 1.82) is 0 Å². The zero-order valence-corrected chi connectivity index (χ0v) is 19.9. The maximum absolute atomic E-state index is 12.5. The minimum Gasteiger partial charge on any atom is -0.488 e. The van der Waals surface area contributed by atoms with Gasteiger partial charge in [0.25, 0.3) is 0 Å². The monoisotopic (exact) mass is 475 g/mol. The molecule has 0 saturated heterocycles. The summed E-state index contributed by atoms with van der Waals surface area (Å²) in [7, 11) is -3.91. The lowest BCUT2D eigenvalue weighted by molar-refractivity contribution is -0.122. The van der Waals surface area contributed by atoms with Crippen LogP contribution in [0, 0.1) is 0 Å². The number of rotatable bonds is 9. The average molecular weight is 476 g/mol. The number of nitrogens with one attached hydrogen (secondary N) is 3. The Labute approximate surface area is 193 Å². The van der Waals surface area contributed by atoms with Crippen molar-refractivity contribution in [3.63, 3.8) is 0 Å². The summed E-state index contributed by atoms with van der Waals surface area (Å²) in [6.07, 6.45) is 0.796. The molecular formula is C23H29N3O6S. The summed E-state index contributed by atoms with van der Waals surface area (Å²) in [5.41, 5.74) is 1.27. The highest BCUT2D eigenvalue weighted by Crippen LogP contribution is 2.41.